The fourth-order valence-electron chi connectivity index (χ4n) is 2.61. The Kier molecular flexibility index (Phi) is 4.44. The van der Waals surface area contributed by atoms with Gasteiger partial charge in [-0.1, -0.05) is 18.2 Å². The molecule has 19 heavy (non-hydrogen) atoms. The van der Waals surface area contributed by atoms with Gasteiger partial charge in [0.05, 0.1) is 18.6 Å². The molecule has 5 nitrogen and oxygen atoms in total. The summed E-state index contributed by atoms with van der Waals surface area (Å²) in [5.41, 5.74) is 3.80. The Labute approximate surface area is 114 Å². The van der Waals surface area contributed by atoms with Crippen molar-refractivity contribution >= 4 is 9.84 Å². The van der Waals surface area contributed by atoms with Gasteiger partial charge in [-0.05, 0) is 30.4 Å². The average molecular weight is 284 g/mol. The molecule has 0 amide bonds. The molecule has 0 saturated carbocycles. The highest BCUT2D eigenvalue weighted by Crippen LogP contribution is 2.26. The number of hydrogen-bond donors (Lipinski definition) is 2. The molecular formula is C13H20N2O3S. The lowest BCUT2D eigenvalue weighted by atomic mass is 9.93. The third-order valence-electron chi connectivity index (χ3n) is 3.68. The Morgan fingerprint density at radius 3 is 2.79 bits per heavy atom. The van der Waals surface area contributed by atoms with Gasteiger partial charge in [-0.2, -0.15) is 0 Å². The summed E-state index contributed by atoms with van der Waals surface area (Å²) in [6, 6.07) is 7.68. The molecule has 0 radical (unpaired) electrons. The molecule has 1 fully saturated rings. The zero-order valence-corrected chi connectivity index (χ0v) is 11.8. The fraction of sp³-hybridized carbons (Fsp3) is 0.538. The zero-order valence-electron chi connectivity index (χ0n) is 11.0. The predicted octanol–water partition coefficient (Wildman–Crippen LogP) is 0.504. The van der Waals surface area contributed by atoms with E-state index in [0.29, 0.717) is 12.8 Å². The van der Waals surface area contributed by atoms with Gasteiger partial charge in [-0.3, -0.25) is 11.3 Å². The maximum absolute atomic E-state index is 11.5. The quantitative estimate of drug-likeness (QED) is 0.608. The van der Waals surface area contributed by atoms with Crippen LogP contribution in [0.1, 0.15) is 12.0 Å². The molecule has 1 heterocycles. The summed E-state index contributed by atoms with van der Waals surface area (Å²) in [6.07, 6.45) is 1.34. The first-order valence-electron chi connectivity index (χ1n) is 6.34. The number of nitrogens with two attached hydrogens (primary N) is 1. The molecule has 2 atom stereocenters. The Hall–Kier alpha value is -1.11. The molecule has 0 bridgehead atoms. The van der Waals surface area contributed by atoms with Crippen LogP contribution in [0.15, 0.2) is 24.3 Å². The van der Waals surface area contributed by atoms with Crippen molar-refractivity contribution in [3.8, 4) is 5.75 Å². The lowest BCUT2D eigenvalue weighted by Crippen LogP contribution is -2.43. The van der Waals surface area contributed by atoms with Crippen molar-refractivity contribution in [1.29, 1.82) is 0 Å². The van der Waals surface area contributed by atoms with Crippen molar-refractivity contribution in [3.05, 3.63) is 29.8 Å². The van der Waals surface area contributed by atoms with Crippen molar-refractivity contribution in [2.45, 2.75) is 18.9 Å². The Morgan fingerprint density at radius 2 is 2.21 bits per heavy atom. The van der Waals surface area contributed by atoms with Crippen LogP contribution in [0.5, 0.6) is 5.75 Å². The van der Waals surface area contributed by atoms with Gasteiger partial charge in [0.1, 0.15) is 5.75 Å². The molecule has 2 unspecified atom stereocenters. The lowest BCUT2D eigenvalue weighted by molar-refractivity contribution is 0.371. The van der Waals surface area contributed by atoms with Gasteiger partial charge in [0.25, 0.3) is 0 Å². The van der Waals surface area contributed by atoms with Crippen LogP contribution >= 0.6 is 0 Å². The van der Waals surface area contributed by atoms with Gasteiger partial charge < -0.3 is 4.74 Å². The molecule has 1 aromatic carbocycles. The SMILES string of the molecule is COc1ccccc1CC(NN)C1CCS(=O)(=O)C1. The number of sulfone groups is 1. The summed E-state index contributed by atoms with van der Waals surface area (Å²) >= 11 is 0. The molecule has 6 heteroatoms. The summed E-state index contributed by atoms with van der Waals surface area (Å²) < 4.78 is 28.4. The van der Waals surface area contributed by atoms with Gasteiger partial charge in [0, 0.05) is 6.04 Å². The Balaban J connectivity index is 2.11. The summed E-state index contributed by atoms with van der Waals surface area (Å²) in [5.74, 6) is 6.96. The van der Waals surface area contributed by atoms with Crippen LogP contribution in [0.4, 0.5) is 0 Å². The molecule has 0 spiro atoms. The molecule has 1 aliphatic heterocycles. The van der Waals surface area contributed by atoms with Gasteiger partial charge in [0.2, 0.25) is 0 Å². The maximum atomic E-state index is 11.5. The number of rotatable bonds is 5. The Bertz CT molecular complexity index is 530. The summed E-state index contributed by atoms with van der Waals surface area (Å²) in [6.45, 7) is 0. The van der Waals surface area contributed by atoms with E-state index in [-0.39, 0.29) is 23.5 Å². The number of nitrogens with one attached hydrogen (secondary N) is 1. The standard InChI is InChI=1S/C13H20N2O3S/c1-18-13-5-3-2-4-10(13)8-12(15-14)11-6-7-19(16,17)9-11/h2-5,11-12,15H,6-9,14H2,1H3. The van der Waals surface area contributed by atoms with Gasteiger partial charge in [0.15, 0.2) is 9.84 Å². The molecule has 106 valence electrons. The van der Waals surface area contributed by atoms with Crippen molar-refractivity contribution < 1.29 is 13.2 Å². The van der Waals surface area contributed by atoms with E-state index in [9.17, 15) is 8.42 Å². The second kappa shape index (κ2) is 5.90. The number of para-hydroxylation sites is 1. The van der Waals surface area contributed by atoms with Crippen molar-refractivity contribution in [1.82, 2.24) is 5.43 Å². The number of hydrazine groups is 1. The maximum Gasteiger partial charge on any atom is 0.150 e. The molecule has 1 saturated heterocycles. The zero-order chi connectivity index (χ0) is 13.9. The summed E-state index contributed by atoms with van der Waals surface area (Å²) in [4.78, 5) is 0. The van der Waals surface area contributed by atoms with E-state index < -0.39 is 9.84 Å². The molecule has 0 aliphatic carbocycles. The predicted molar refractivity (Wildman–Crippen MR) is 74.6 cm³/mol. The lowest BCUT2D eigenvalue weighted by Gasteiger charge is -2.22. The third kappa shape index (κ3) is 3.46. The summed E-state index contributed by atoms with van der Waals surface area (Å²) in [5, 5.41) is 0. The minimum absolute atomic E-state index is 0.0476. The van der Waals surface area contributed by atoms with E-state index >= 15 is 0 Å². The highest BCUT2D eigenvalue weighted by atomic mass is 32.2. The largest absolute Gasteiger partial charge is 0.496 e. The van der Waals surface area contributed by atoms with E-state index in [4.69, 9.17) is 10.6 Å². The van der Waals surface area contributed by atoms with Crippen LogP contribution < -0.4 is 16.0 Å². The minimum atomic E-state index is -2.89. The molecular weight excluding hydrogens is 264 g/mol. The van der Waals surface area contributed by atoms with Gasteiger partial charge in [-0.25, -0.2) is 8.42 Å². The van der Waals surface area contributed by atoms with Crippen molar-refractivity contribution in [2.24, 2.45) is 11.8 Å². The molecule has 2 rings (SSSR count). The second-order valence-electron chi connectivity index (χ2n) is 4.95. The highest BCUT2D eigenvalue weighted by molar-refractivity contribution is 7.91. The van der Waals surface area contributed by atoms with Crippen LogP contribution in [0.3, 0.4) is 0 Å². The topological polar surface area (TPSA) is 81.4 Å². The van der Waals surface area contributed by atoms with E-state index in [1.807, 2.05) is 24.3 Å². The molecule has 1 aliphatic rings. The van der Waals surface area contributed by atoms with E-state index in [2.05, 4.69) is 5.43 Å². The van der Waals surface area contributed by atoms with Crippen molar-refractivity contribution in [3.63, 3.8) is 0 Å². The van der Waals surface area contributed by atoms with E-state index in [1.165, 1.54) is 0 Å². The van der Waals surface area contributed by atoms with Crippen molar-refractivity contribution in [2.75, 3.05) is 18.6 Å². The van der Waals surface area contributed by atoms with Gasteiger partial charge >= 0.3 is 0 Å². The number of methoxy groups -OCH3 is 1. The second-order valence-corrected chi connectivity index (χ2v) is 7.18. The fourth-order valence-corrected chi connectivity index (χ4v) is 4.49. The van der Waals surface area contributed by atoms with E-state index in [1.54, 1.807) is 7.11 Å². The number of benzene rings is 1. The van der Waals surface area contributed by atoms with Crippen LogP contribution in [0.2, 0.25) is 0 Å². The van der Waals surface area contributed by atoms with Gasteiger partial charge in [-0.15, -0.1) is 0 Å². The first-order chi connectivity index (χ1) is 9.05. The summed E-state index contributed by atoms with van der Waals surface area (Å²) in [7, 11) is -1.26. The van der Waals surface area contributed by atoms with E-state index in [0.717, 1.165) is 11.3 Å². The first-order valence-corrected chi connectivity index (χ1v) is 8.16. The van der Waals surface area contributed by atoms with Crippen LogP contribution in [0.25, 0.3) is 0 Å². The Morgan fingerprint density at radius 1 is 1.47 bits per heavy atom. The van der Waals surface area contributed by atoms with Crippen LogP contribution in [-0.4, -0.2) is 33.1 Å². The normalized spacial score (nSPS) is 23.2. The van der Waals surface area contributed by atoms with Crippen LogP contribution in [-0.2, 0) is 16.3 Å². The molecule has 3 N–H and O–H groups in total. The number of hydrogen-bond acceptors (Lipinski definition) is 5. The number of ether oxygens (including phenoxy) is 1. The third-order valence-corrected chi connectivity index (χ3v) is 5.48. The average Bonchev–Trinajstić information content (AvgIpc) is 2.76. The molecule has 0 aromatic heterocycles. The highest BCUT2D eigenvalue weighted by Gasteiger charge is 2.33. The van der Waals surface area contributed by atoms with Crippen LogP contribution in [0, 0.1) is 5.92 Å². The first kappa shape index (κ1) is 14.3. The monoisotopic (exact) mass is 284 g/mol. The minimum Gasteiger partial charge on any atom is -0.496 e. The smallest absolute Gasteiger partial charge is 0.150 e. The molecule has 1 aromatic rings.